The van der Waals surface area contributed by atoms with Gasteiger partial charge in [0, 0.05) is 23.4 Å². The molecular formula is C31H32N6O8S2. The minimum absolute atomic E-state index is 0.0358. The van der Waals surface area contributed by atoms with Crippen LogP contribution in [-0.2, 0) is 20.8 Å². The van der Waals surface area contributed by atoms with E-state index in [9.17, 15) is 29.3 Å². The first kappa shape index (κ1) is 34.8. The van der Waals surface area contributed by atoms with Gasteiger partial charge < -0.3 is 20.1 Å². The van der Waals surface area contributed by atoms with Gasteiger partial charge >= 0.3 is 11.9 Å². The maximum atomic E-state index is 13.5. The van der Waals surface area contributed by atoms with Crippen molar-refractivity contribution in [3.05, 3.63) is 91.6 Å². The van der Waals surface area contributed by atoms with Gasteiger partial charge in [-0.25, -0.2) is 9.59 Å². The minimum Gasteiger partial charge on any atom is -0.462 e. The number of nitro groups is 1. The third-order valence-corrected chi connectivity index (χ3v) is 8.91. The van der Waals surface area contributed by atoms with Crippen LogP contribution in [0.15, 0.2) is 53.7 Å². The predicted molar refractivity (Wildman–Crippen MR) is 175 cm³/mol. The van der Waals surface area contributed by atoms with Crippen molar-refractivity contribution in [3.63, 3.8) is 0 Å². The molecule has 2 N–H and O–H groups in total. The second-order valence-electron chi connectivity index (χ2n) is 10.0. The number of anilines is 1. The van der Waals surface area contributed by atoms with E-state index in [0.29, 0.717) is 22.6 Å². The van der Waals surface area contributed by atoms with Crippen LogP contribution >= 0.6 is 23.1 Å². The average molecular weight is 681 g/mol. The highest BCUT2D eigenvalue weighted by Crippen LogP contribution is 2.35. The van der Waals surface area contributed by atoms with Gasteiger partial charge in [-0.15, -0.1) is 21.5 Å². The molecule has 1 atom stereocenters. The first-order valence-electron chi connectivity index (χ1n) is 14.4. The average Bonchev–Trinajstić information content (AvgIpc) is 3.59. The number of aryl methyl sites for hydroxylation is 1. The summed E-state index contributed by atoms with van der Waals surface area (Å²) in [5, 5.41) is 24.9. The van der Waals surface area contributed by atoms with Gasteiger partial charge in [0.05, 0.1) is 35.5 Å². The normalized spacial score (nSPS) is 11.4. The van der Waals surface area contributed by atoms with Gasteiger partial charge in [0.2, 0.25) is 5.91 Å². The van der Waals surface area contributed by atoms with Crippen LogP contribution in [0, 0.1) is 24.0 Å². The van der Waals surface area contributed by atoms with Gasteiger partial charge in [0.15, 0.2) is 11.0 Å². The zero-order valence-electron chi connectivity index (χ0n) is 26.2. The van der Waals surface area contributed by atoms with Crippen molar-refractivity contribution in [1.29, 1.82) is 0 Å². The second-order valence-corrected chi connectivity index (χ2v) is 12.3. The third kappa shape index (κ3) is 8.20. The number of ether oxygens (including phenoxy) is 2. The summed E-state index contributed by atoms with van der Waals surface area (Å²) in [6.07, 6.45) is 0. The second kappa shape index (κ2) is 15.5. The lowest BCUT2D eigenvalue weighted by Crippen LogP contribution is -2.25. The molecule has 0 aliphatic rings. The van der Waals surface area contributed by atoms with Gasteiger partial charge in [-0.1, -0.05) is 29.5 Å². The van der Waals surface area contributed by atoms with Crippen LogP contribution in [0.4, 0.5) is 10.7 Å². The molecule has 0 saturated carbocycles. The summed E-state index contributed by atoms with van der Waals surface area (Å²) in [6, 6.07) is 12.8. The lowest BCUT2D eigenvalue weighted by molar-refractivity contribution is -0.384. The molecule has 0 aliphatic heterocycles. The number of carbonyl (C=O) groups is 4. The number of thioether (sulfide) groups is 1. The molecule has 0 spiro atoms. The minimum atomic E-state index is -0.811. The Kier molecular flexibility index (Phi) is 11.4. The van der Waals surface area contributed by atoms with E-state index >= 15 is 0 Å². The van der Waals surface area contributed by atoms with E-state index in [0.717, 1.165) is 28.7 Å². The standard InChI is InChI=1S/C31H32N6O8S2/c1-6-44-29(40)24-18(4)25(30(41)45-7-2)47-28(24)33-26(38)19(5)46-31-35-34-23(16-32-27(39)20-10-8-9-17(3)15-20)36(31)21-11-13-22(14-12-21)37(42)43/h8-15,19H,6-7,16H2,1-5H3,(H,32,39)(H,33,38). The number of nitro benzene ring substituents is 1. The summed E-state index contributed by atoms with van der Waals surface area (Å²) in [5.41, 5.74) is 2.12. The van der Waals surface area contributed by atoms with Crippen LogP contribution < -0.4 is 10.6 Å². The SMILES string of the molecule is CCOC(=O)c1sc(NC(=O)C(C)Sc2nnc(CNC(=O)c3cccc(C)c3)n2-c2ccc([N+](=O)[O-])cc2)c(C(=O)OCC)c1C. The van der Waals surface area contributed by atoms with E-state index in [1.165, 1.54) is 24.3 Å². The van der Waals surface area contributed by atoms with Crippen LogP contribution in [0.3, 0.4) is 0 Å². The van der Waals surface area contributed by atoms with Gasteiger partial charge in [0.25, 0.3) is 11.6 Å². The van der Waals surface area contributed by atoms with E-state index in [2.05, 4.69) is 20.8 Å². The number of benzene rings is 2. The number of hydrogen-bond acceptors (Lipinski definition) is 12. The topological polar surface area (TPSA) is 185 Å². The number of carbonyl (C=O) groups excluding carboxylic acids is 4. The van der Waals surface area contributed by atoms with E-state index in [1.54, 1.807) is 50.5 Å². The molecule has 4 rings (SSSR count). The largest absolute Gasteiger partial charge is 0.462 e. The van der Waals surface area contributed by atoms with Crippen molar-refractivity contribution >= 4 is 57.5 Å². The van der Waals surface area contributed by atoms with Crippen molar-refractivity contribution in [2.24, 2.45) is 0 Å². The van der Waals surface area contributed by atoms with Crippen molar-refractivity contribution in [3.8, 4) is 5.69 Å². The molecule has 0 aliphatic carbocycles. The fourth-order valence-corrected chi connectivity index (χ4v) is 6.37. The summed E-state index contributed by atoms with van der Waals surface area (Å²) < 4.78 is 11.9. The van der Waals surface area contributed by atoms with Crippen LogP contribution in [0.1, 0.15) is 68.1 Å². The smallest absolute Gasteiger partial charge is 0.348 e. The molecule has 1 unspecified atom stereocenters. The zero-order valence-corrected chi connectivity index (χ0v) is 27.8. The number of nitrogens with one attached hydrogen (secondary N) is 2. The highest BCUT2D eigenvalue weighted by Gasteiger charge is 2.29. The Morgan fingerprint density at radius 3 is 2.34 bits per heavy atom. The lowest BCUT2D eigenvalue weighted by atomic mass is 10.1. The van der Waals surface area contributed by atoms with E-state index in [4.69, 9.17) is 9.47 Å². The fraction of sp³-hybridized carbons (Fsp3) is 0.290. The van der Waals surface area contributed by atoms with Crippen molar-refractivity contribution in [1.82, 2.24) is 20.1 Å². The maximum absolute atomic E-state index is 13.5. The number of esters is 2. The quantitative estimate of drug-likeness (QED) is 0.0813. The molecule has 0 saturated heterocycles. The molecule has 14 nitrogen and oxygen atoms in total. The molecule has 246 valence electrons. The summed E-state index contributed by atoms with van der Waals surface area (Å²) in [7, 11) is 0. The predicted octanol–water partition coefficient (Wildman–Crippen LogP) is 5.26. The highest BCUT2D eigenvalue weighted by atomic mass is 32.2. The molecule has 16 heteroatoms. The lowest BCUT2D eigenvalue weighted by Gasteiger charge is -2.14. The highest BCUT2D eigenvalue weighted by molar-refractivity contribution is 8.00. The van der Waals surface area contributed by atoms with Gasteiger partial charge in [0.1, 0.15) is 9.88 Å². The maximum Gasteiger partial charge on any atom is 0.348 e. The molecule has 0 bridgehead atoms. The number of non-ortho nitro benzene ring substituents is 1. The van der Waals surface area contributed by atoms with Crippen LogP contribution in [0.5, 0.6) is 0 Å². The Labute approximate surface area is 278 Å². The Morgan fingerprint density at radius 2 is 1.70 bits per heavy atom. The molecule has 2 aromatic heterocycles. The van der Waals surface area contributed by atoms with Crippen LogP contribution in [-0.4, -0.2) is 61.9 Å². The van der Waals surface area contributed by atoms with Crippen molar-refractivity contribution in [2.75, 3.05) is 18.5 Å². The summed E-state index contributed by atoms with van der Waals surface area (Å²) in [5.74, 6) is -1.85. The Hall–Kier alpha value is -5.09. The first-order valence-corrected chi connectivity index (χ1v) is 16.1. The molecular weight excluding hydrogens is 649 g/mol. The molecule has 2 heterocycles. The van der Waals surface area contributed by atoms with Crippen molar-refractivity contribution < 1.29 is 33.6 Å². The van der Waals surface area contributed by atoms with Gasteiger partial charge in [-0.2, -0.15) is 0 Å². The molecule has 47 heavy (non-hydrogen) atoms. The third-order valence-electron chi connectivity index (χ3n) is 6.68. The van der Waals surface area contributed by atoms with Crippen LogP contribution in [0.2, 0.25) is 0 Å². The molecule has 2 aromatic carbocycles. The molecule has 2 amide bonds. The molecule has 4 aromatic rings. The summed E-state index contributed by atoms with van der Waals surface area (Å²) in [4.78, 5) is 62.5. The van der Waals surface area contributed by atoms with Crippen LogP contribution in [0.25, 0.3) is 5.69 Å². The number of aromatic nitrogens is 3. The number of thiophene rings is 1. The van der Waals surface area contributed by atoms with E-state index in [-0.39, 0.29) is 52.0 Å². The zero-order chi connectivity index (χ0) is 34.2. The first-order chi connectivity index (χ1) is 22.4. The summed E-state index contributed by atoms with van der Waals surface area (Å²) in [6.45, 7) is 8.56. The Bertz CT molecular complexity index is 1820. The van der Waals surface area contributed by atoms with Crippen molar-refractivity contribution in [2.45, 2.75) is 51.6 Å². The fourth-order valence-electron chi connectivity index (χ4n) is 4.39. The number of hydrogen-bond donors (Lipinski definition) is 2. The Morgan fingerprint density at radius 1 is 1.02 bits per heavy atom. The number of amides is 2. The monoisotopic (exact) mass is 680 g/mol. The number of nitrogens with zero attached hydrogens (tertiary/aromatic N) is 4. The number of rotatable bonds is 13. The van der Waals surface area contributed by atoms with Gasteiger partial charge in [-0.05, 0) is 64.4 Å². The summed E-state index contributed by atoms with van der Waals surface area (Å²) >= 11 is 1.95. The molecule has 0 fully saturated rings. The Balaban J connectivity index is 1.61. The van der Waals surface area contributed by atoms with E-state index < -0.39 is 28.0 Å². The van der Waals surface area contributed by atoms with E-state index in [1.807, 2.05) is 13.0 Å². The van der Waals surface area contributed by atoms with Gasteiger partial charge in [-0.3, -0.25) is 24.3 Å². The molecule has 0 radical (unpaired) electrons.